The van der Waals surface area contributed by atoms with Crippen LogP contribution in [0.2, 0.25) is 0 Å². The highest BCUT2D eigenvalue weighted by atomic mass is 31.2. The number of carbonyl (C=O) groups excluding carboxylic acids is 3. The average Bonchev–Trinajstić information content (AvgIpc) is 1.70. The average molecular weight is 1370 g/mol. The summed E-state index contributed by atoms with van der Waals surface area (Å²) in [5.41, 5.74) is 0. The minimum absolute atomic E-state index is 0.0815. The lowest BCUT2D eigenvalue weighted by atomic mass is 10.1. The van der Waals surface area contributed by atoms with Crippen LogP contribution < -0.4 is 0 Å². The molecule has 0 spiro atoms. The highest BCUT2D eigenvalue weighted by Gasteiger charge is 2.29. The summed E-state index contributed by atoms with van der Waals surface area (Å²) in [5.74, 6) is -1.63. The number of aliphatic hydroxyl groups is 2. The third-order valence-corrected chi connectivity index (χ3v) is 16.4. The molecule has 0 aliphatic rings. The molecule has 0 amide bonds. The van der Waals surface area contributed by atoms with Crippen LogP contribution >= 0.6 is 15.6 Å². The molecule has 0 heterocycles. The van der Waals surface area contributed by atoms with E-state index in [-0.39, 0.29) is 19.3 Å². The van der Waals surface area contributed by atoms with E-state index >= 15 is 0 Å². The molecule has 0 aromatic carbocycles. The van der Waals surface area contributed by atoms with Crippen molar-refractivity contribution >= 4 is 33.6 Å². The number of phosphoric ester groups is 2. The summed E-state index contributed by atoms with van der Waals surface area (Å²) in [5, 5.41) is 20.6. The van der Waals surface area contributed by atoms with Gasteiger partial charge in [0.1, 0.15) is 25.4 Å². The lowest BCUT2D eigenvalue weighted by Crippen LogP contribution is -2.30. The molecule has 18 heteroatoms. The summed E-state index contributed by atoms with van der Waals surface area (Å²) < 4.78 is 61.0. The van der Waals surface area contributed by atoms with Gasteiger partial charge in [-0.05, 0) is 141 Å². The van der Waals surface area contributed by atoms with Crippen LogP contribution in [-0.2, 0) is 55.8 Å². The first-order chi connectivity index (χ1) is 46.2. The van der Waals surface area contributed by atoms with Crippen molar-refractivity contribution < 1.29 is 75.8 Å². The van der Waals surface area contributed by atoms with Gasteiger partial charge in [-0.25, -0.2) is 9.13 Å². The van der Waals surface area contributed by atoms with Crippen LogP contribution in [0.25, 0.3) is 0 Å². The Morgan fingerprint density at radius 2 is 0.558 bits per heavy atom. The second-order valence-corrected chi connectivity index (χ2v) is 26.5. The lowest BCUT2D eigenvalue weighted by Gasteiger charge is -2.21. The zero-order chi connectivity index (χ0) is 69.5. The summed E-state index contributed by atoms with van der Waals surface area (Å²) >= 11 is 0. The molecule has 0 rings (SSSR count). The predicted octanol–water partition coefficient (Wildman–Crippen LogP) is 20.5. The van der Waals surface area contributed by atoms with E-state index in [1.807, 2.05) is 0 Å². The fourth-order valence-electron chi connectivity index (χ4n) is 9.06. The van der Waals surface area contributed by atoms with E-state index in [0.29, 0.717) is 19.3 Å². The fourth-order valence-corrected chi connectivity index (χ4v) is 10.6. The molecule has 4 N–H and O–H groups in total. The Morgan fingerprint density at radius 1 is 0.305 bits per heavy atom. The number of unbranched alkanes of at least 4 members (excludes halogenated alkanes) is 20. The van der Waals surface area contributed by atoms with Gasteiger partial charge in [-0.3, -0.25) is 32.5 Å². The number of phosphoric acid groups is 2. The van der Waals surface area contributed by atoms with Gasteiger partial charge >= 0.3 is 33.6 Å². The van der Waals surface area contributed by atoms with Crippen LogP contribution in [0.3, 0.4) is 0 Å². The molecular formula is C77H128O16P2. The molecule has 0 saturated carbocycles. The zero-order valence-corrected chi connectivity index (χ0v) is 60.6. The SMILES string of the molecule is CC/C=C\C/C=C\C/C=C\C/C=C\C/C=C\CCCCCCCC(=O)OCC(O)COP(=O)(O)OCC(O)COP(=O)(O)OCC(COC(=O)CCCCCCCC/C=C\C/C=C\C/C=C\C/C=C\CC)OC(=O)CCCCCCCC/C=C\C/C=C\C/C=C\CCCCC. The van der Waals surface area contributed by atoms with Crippen molar-refractivity contribution in [3.63, 3.8) is 0 Å². The van der Waals surface area contributed by atoms with Gasteiger partial charge in [0.2, 0.25) is 0 Å². The van der Waals surface area contributed by atoms with Crippen LogP contribution in [0.1, 0.15) is 265 Å². The molecule has 0 aromatic heterocycles. The molecule has 5 unspecified atom stereocenters. The van der Waals surface area contributed by atoms with Gasteiger partial charge in [0.05, 0.1) is 26.4 Å². The van der Waals surface area contributed by atoms with Gasteiger partial charge < -0.3 is 34.2 Å². The maximum absolute atomic E-state index is 13.0. The standard InChI is InChI=1S/C77H128O16P2/c1-4-7-10-13-16-19-22-25-28-31-34-35-38-40-42-45-48-51-54-57-60-63-75(80)87-66-72(78)67-89-94(83,84)90-68-73(79)69-91-95(85,86)92-71-74(93-77(82)65-62-59-56-53-50-47-44-41-37-33-30-27-24-21-18-15-12-9-6-3)70-88-76(81)64-61-58-55-52-49-46-43-39-36-32-29-26-23-20-17-14-11-8-5-2/h7-8,10-11,16-21,25-30,34-37,39-42,72-74,78-79H,4-6,9,12-15,22-24,31-33,38,43-71H2,1-3H3,(H,83,84)(H,85,86)/b10-7-,11-8-,19-16-,20-17-,21-18-,28-25-,29-26-,30-27-,35-34-,39-36-,41-37-,42-40-. The molecule has 0 bridgehead atoms. The summed E-state index contributed by atoms with van der Waals surface area (Å²) in [6, 6.07) is 0. The maximum Gasteiger partial charge on any atom is 0.472 e. The lowest BCUT2D eigenvalue weighted by molar-refractivity contribution is -0.161. The van der Waals surface area contributed by atoms with E-state index in [9.17, 15) is 43.5 Å². The van der Waals surface area contributed by atoms with Crippen LogP contribution in [0.15, 0.2) is 146 Å². The molecule has 0 saturated heterocycles. The number of esters is 3. The molecule has 0 fully saturated rings. The van der Waals surface area contributed by atoms with Gasteiger partial charge in [-0.2, -0.15) is 0 Å². The van der Waals surface area contributed by atoms with Gasteiger partial charge in [0.15, 0.2) is 6.10 Å². The van der Waals surface area contributed by atoms with E-state index in [0.717, 1.165) is 186 Å². The van der Waals surface area contributed by atoms with Crippen LogP contribution in [0.4, 0.5) is 0 Å². The molecule has 0 aliphatic carbocycles. The summed E-state index contributed by atoms with van der Waals surface area (Å²) in [6.45, 7) is 2.35. The largest absolute Gasteiger partial charge is 0.472 e. The third kappa shape index (κ3) is 70.6. The second kappa shape index (κ2) is 69.3. The number of rotatable bonds is 67. The number of carbonyl (C=O) groups is 3. The Hall–Kier alpha value is -4.57. The molecule has 16 nitrogen and oxygen atoms in total. The molecule has 0 aliphatic heterocycles. The minimum Gasteiger partial charge on any atom is -0.463 e. The number of ether oxygens (including phenoxy) is 3. The minimum atomic E-state index is -4.94. The first-order valence-electron chi connectivity index (χ1n) is 36.1. The molecule has 542 valence electrons. The maximum atomic E-state index is 13.0. The van der Waals surface area contributed by atoms with Crippen molar-refractivity contribution in [3.05, 3.63) is 146 Å². The van der Waals surface area contributed by atoms with Gasteiger partial charge in [0, 0.05) is 19.3 Å². The van der Waals surface area contributed by atoms with Crippen LogP contribution in [-0.4, -0.2) is 95.9 Å². The first-order valence-corrected chi connectivity index (χ1v) is 39.1. The van der Waals surface area contributed by atoms with Crippen molar-refractivity contribution in [1.29, 1.82) is 0 Å². The fraction of sp³-hybridized carbons (Fsp3) is 0.649. The van der Waals surface area contributed by atoms with E-state index in [4.69, 9.17) is 32.3 Å². The topological polar surface area (TPSA) is 231 Å². The molecule has 0 aromatic rings. The van der Waals surface area contributed by atoms with Crippen molar-refractivity contribution in [2.75, 3.05) is 39.6 Å². The van der Waals surface area contributed by atoms with E-state index in [1.165, 1.54) is 19.3 Å². The Kier molecular flexibility index (Phi) is 66.0. The van der Waals surface area contributed by atoms with E-state index in [2.05, 4.69) is 167 Å². The van der Waals surface area contributed by atoms with E-state index in [1.54, 1.807) is 0 Å². The van der Waals surface area contributed by atoms with Crippen LogP contribution in [0, 0.1) is 0 Å². The summed E-state index contributed by atoms with van der Waals surface area (Å²) in [7, 11) is -9.81. The van der Waals surface area contributed by atoms with E-state index < -0.39 is 91.5 Å². The molecule has 0 radical (unpaired) electrons. The third-order valence-electron chi connectivity index (χ3n) is 14.5. The smallest absolute Gasteiger partial charge is 0.463 e. The number of aliphatic hydroxyl groups excluding tert-OH is 2. The normalized spacial score (nSPS) is 15.0. The van der Waals surface area contributed by atoms with Crippen molar-refractivity contribution in [3.8, 4) is 0 Å². The quantitative estimate of drug-likeness (QED) is 0.0146. The highest BCUT2D eigenvalue weighted by molar-refractivity contribution is 7.47. The Balaban J connectivity index is 4.75. The Morgan fingerprint density at radius 3 is 0.884 bits per heavy atom. The Labute approximate surface area is 575 Å². The Bertz CT molecular complexity index is 2310. The van der Waals surface area contributed by atoms with Crippen LogP contribution in [0.5, 0.6) is 0 Å². The summed E-state index contributed by atoms with van der Waals surface area (Å²) in [6.07, 6.45) is 83.1. The molecular weight excluding hydrogens is 1240 g/mol. The first kappa shape index (κ1) is 90.4. The number of allylic oxidation sites excluding steroid dienone is 24. The van der Waals surface area contributed by atoms with Gasteiger partial charge in [-0.1, -0.05) is 250 Å². The van der Waals surface area contributed by atoms with Gasteiger partial charge in [-0.15, -0.1) is 0 Å². The van der Waals surface area contributed by atoms with Gasteiger partial charge in [0.25, 0.3) is 0 Å². The monoisotopic (exact) mass is 1370 g/mol. The van der Waals surface area contributed by atoms with Crippen molar-refractivity contribution in [1.82, 2.24) is 0 Å². The predicted molar refractivity (Wildman–Crippen MR) is 389 cm³/mol. The van der Waals surface area contributed by atoms with Crippen molar-refractivity contribution in [2.45, 2.75) is 283 Å². The molecule has 95 heavy (non-hydrogen) atoms. The van der Waals surface area contributed by atoms with Crippen molar-refractivity contribution in [2.24, 2.45) is 0 Å². The number of hydrogen-bond donors (Lipinski definition) is 4. The number of hydrogen-bond acceptors (Lipinski definition) is 14. The highest BCUT2D eigenvalue weighted by Crippen LogP contribution is 2.45. The zero-order valence-electron chi connectivity index (χ0n) is 58.8. The summed E-state index contributed by atoms with van der Waals surface area (Å²) in [4.78, 5) is 58.5. The molecule has 5 atom stereocenters. The second-order valence-electron chi connectivity index (χ2n) is 23.6.